The first-order chi connectivity index (χ1) is 29.4. The van der Waals surface area contributed by atoms with Crippen LogP contribution in [0.1, 0.15) is 86.2 Å². The van der Waals surface area contributed by atoms with E-state index >= 15 is 4.79 Å². The molecular weight excluding hydrogens is 803 g/mol. The summed E-state index contributed by atoms with van der Waals surface area (Å²) in [5.74, 6) is -7.62. The van der Waals surface area contributed by atoms with Gasteiger partial charge in [-0.15, -0.1) is 0 Å². The van der Waals surface area contributed by atoms with Gasteiger partial charge in [0.15, 0.2) is 23.6 Å². The molecular formula is C47H51NO14. The van der Waals surface area contributed by atoms with Crippen molar-refractivity contribution in [2.24, 2.45) is 17.3 Å². The van der Waals surface area contributed by atoms with Crippen LogP contribution in [-0.4, -0.2) is 105 Å². The summed E-state index contributed by atoms with van der Waals surface area (Å²) in [7, 11) is 0. The Bertz CT molecular complexity index is 2250. The summed E-state index contributed by atoms with van der Waals surface area (Å²) in [6, 6.07) is 23.1. The highest BCUT2D eigenvalue weighted by molar-refractivity contribution is 5.95. The molecule has 3 aliphatic carbocycles. The topological polar surface area (TPSA) is 221 Å². The van der Waals surface area contributed by atoms with E-state index in [4.69, 9.17) is 23.7 Å². The smallest absolute Gasteiger partial charge is 0.338 e. The number of aliphatic hydroxyl groups excluding tert-OH is 2. The molecule has 1 unspecified atom stereocenters. The van der Waals surface area contributed by atoms with Crippen molar-refractivity contribution in [1.29, 1.82) is 0 Å². The van der Waals surface area contributed by atoms with Gasteiger partial charge in [-0.05, 0) is 54.3 Å². The number of Topliss-reactive ketones (excluding diaryl/α,β-unsaturated/α-hetero) is 1. The summed E-state index contributed by atoms with van der Waals surface area (Å²) >= 11 is 0. The van der Waals surface area contributed by atoms with E-state index in [1.165, 1.54) is 26.0 Å². The lowest BCUT2D eigenvalue weighted by Gasteiger charge is -2.59. The number of hydrogen-bond donors (Lipinski definition) is 4. The van der Waals surface area contributed by atoms with Crippen molar-refractivity contribution in [2.75, 3.05) is 6.61 Å². The third kappa shape index (κ3) is 7.94. The summed E-state index contributed by atoms with van der Waals surface area (Å²) in [5.41, 5.74) is -4.71. The van der Waals surface area contributed by atoms with Crippen molar-refractivity contribution in [3.05, 3.63) is 119 Å². The van der Waals surface area contributed by atoms with Crippen molar-refractivity contribution >= 4 is 35.6 Å². The van der Waals surface area contributed by atoms with Gasteiger partial charge in [0, 0.05) is 49.5 Å². The molecule has 1 saturated heterocycles. The lowest BCUT2D eigenvalue weighted by atomic mass is 9.55. The first kappa shape index (κ1) is 44.3. The molecule has 328 valence electrons. The molecule has 2 saturated carbocycles. The number of amides is 1. The maximum atomic E-state index is 15.0. The molecule has 1 amide bonds. The molecule has 11 atom stereocenters. The SMILES string of the molecule is CC(=O)O[C@H]1C(=O)[C@@H]2C[C@H]([C@H](OC(=O)c3ccccc3)[C@]3(O)C[C@H](OC(=O)[C@H](O)C(NC(=O)c4ccccc4)c4ccccc4)C(C)=C1C3(C)C)[C@]1(OC(C)=O)CO[C@@H]1C[C@@H]2O. The third-order valence-electron chi connectivity index (χ3n) is 13.2. The first-order valence-corrected chi connectivity index (χ1v) is 20.6. The predicted molar refractivity (Wildman–Crippen MR) is 218 cm³/mol. The van der Waals surface area contributed by atoms with Gasteiger partial charge < -0.3 is 44.3 Å². The average molecular weight is 854 g/mol. The van der Waals surface area contributed by atoms with Crippen LogP contribution in [0, 0.1) is 17.3 Å². The van der Waals surface area contributed by atoms with E-state index in [2.05, 4.69) is 5.32 Å². The molecule has 4 aliphatic rings. The number of carbonyl (C=O) groups is 6. The highest BCUT2D eigenvalue weighted by Gasteiger charge is 2.71. The molecule has 15 heteroatoms. The van der Waals surface area contributed by atoms with Gasteiger partial charge in [-0.1, -0.05) is 80.6 Å². The molecule has 0 aromatic heterocycles. The lowest BCUT2D eigenvalue weighted by Crippen LogP contribution is -2.72. The highest BCUT2D eigenvalue weighted by Crippen LogP contribution is 2.59. The molecule has 1 aliphatic heterocycles. The fourth-order valence-corrected chi connectivity index (χ4v) is 9.90. The average Bonchev–Trinajstić information content (AvgIpc) is 3.31. The van der Waals surface area contributed by atoms with Gasteiger partial charge in [0.25, 0.3) is 5.91 Å². The minimum Gasteiger partial charge on any atom is -0.456 e. The number of rotatable bonds is 10. The normalized spacial score (nSPS) is 30.8. The first-order valence-electron chi connectivity index (χ1n) is 20.6. The van der Waals surface area contributed by atoms with E-state index in [1.54, 1.807) is 92.7 Å². The second kappa shape index (κ2) is 17.2. The van der Waals surface area contributed by atoms with Gasteiger partial charge in [-0.25, -0.2) is 9.59 Å². The molecule has 7 rings (SSSR count). The molecule has 62 heavy (non-hydrogen) atoms. The largest absolute Gasteiger partial charge is 0.456 e. The highest BCUT2D eigenvalue weighted by atomic mass is 16.6. The van der Waals surface area contributed by atoms with Crippen LogP contribution >= 0.6 is 0 Å². The van der Waals surface area contributed by atoms with Gasteiger partial charge in [-0.3, -0.25) is 19.2 Å². The number of ketones is 1. The van der Waals surface area contributed by atoms with E-state index in [1.807, 2.05) is 0 Å². The number of ether oxygens (including phenoxy) is 5. The van der Waals surface area contributed by atoms with Crippen molar-refractivity contribution in [3.8, 4) is 0 Å². The van der Waals surface area contributed by atoms with Crippen LogP contribution in [0.2, 0.25) is 0 Å². The molecule has 3 aromatic carbocycles. The number of hydrogen-bond acceptors (Lipinski definition) is 14. The Balaban J connectivity index is 1.38. The molecule has 3 fully saturated rings. The van der Waals surface area contributed by atoms with Crippen LogP contribution in [0.3, 0.4) is 0 Å². The zero-order valence-electron chi connectivity index (χ0n) is 35.0. The molecule has 1 heterocycles. The van der Waals surface area contributed by atoms with E-state index < -0.39 is 113 Å². The van der Waals surface area contributed by atoms with Gasteiger partial charge in [0.05, 0.1) is 24.3 Å². The van der Waals surface area contributed by atoms with Crippen molar-refractivity contribution < 1.29 is 67.8 Å². The predicted octanol–water partition coefficient (Wildman–Crippen LogP) is 3.74. The van der Waals surface area contributed by atoms with E-state index in [-0.39, 0.29) is 41.7 Å². The van der Waals surface area contributed by atoms with Gasteiger partial charge >= 0.3 is 23.9 Å². The minimum absolute atomic E-state index is 0.0119. The number of esters is 4. The summed E-state index contributed by atoms with van der Waals surface area (Å²) in [4.78, 5) is 82.8. The maximum absolute atomic E-state index is 15.0. The molecule has 0 radical (unpaired) electrons. The third-order valence-corrected chi connectivity index (χ3v) is 13.2. The van der Waals surface area contributed by atoms with Crippen LogP contribution in [0.25, 0.3) is 0 Å². The van der Waals surface area contributed by atoms with Crippen LogP contribution < -0.4 is 5.32 Å². The van der Waals surface area contributed by atoms with Crippen molar-refractivity contribution in [3.63, 3.8) is 0 Å². The standard InChI is InChI=1S/C47H51NO14/c1-25-34(60-44(56)39(53)37(28-15-9-6-10-16-28)48-42(54)29-17-11-7-12-18-29)23-47(57)41(61-43(55)30-19-13-8-14-20-30)32-21-31(33(51)22-35-46(32,24-58-35)62-27(3)50)38(52)40(59-26(2)49)36(25)45(47,4)5/h6-20,31-35,37,39-41,51,53,57H,21-24H2,1-5H3,(H,48,54)/t31-,32-,33+,34+,35-,37?,39-,40-,41+,46-,47-/m1/s1. The second-order valence-corrected chi connectivity index (χ2v) is 17.1. The molecule has 4 bridgehead atoms. The number of carbonyl (C=O) groups excluding carboxylic acids is 6. The number of aliphatic hydroxyl groups is 3. The monoisotopic (exact) mass is 853 g/mol. The van der Waals surface area contributed by atoms with Gasteiger partial charge in [0.2, 0.25) is 0 Å². The quantitative estimate of drug-likeness (QED) is 0.130. The number of fused-ring (bicyclic) bond motifs is 6. The Morgan fingerprint density at radius 1 is 0.823 bits per heavy atom. The summed E-state index contributed by atoms with van der Waals surface area (Å²) in [5, 5.41) is 39.9. The van der Waals surface area contributed by atoms with Gasteiger partial charge in [-0.2, -0.15) is 0 Å². The molecule has 15 nitrogen and oxygen atoms in total. The van der Waals surface area contributed by atoms with Crippen molar-refractivity contribution in [1.82, 2.24) is 5.32 Å². The molecule has 0 spiro atoms. The molecule has 3 aromatic rings. The fraction of sp³-hybridized carbons (Fsp3) is 0.447. The van der Waals surface area contributed by atoms with E-state index in [0.29, 0.717) is 5.56 Å². The Hall–Kier alpha value is -5.74. The summed E-state index contributed by atoms with van der Waals surface area (Å²) in [6.45, 7) is 6.72. The maximum Gasteiger partial charge on any atom is 0.338 e. The molecule has 4 N–H and O–H groups in total. The lowest BCUT2D eigenvalue weighted by molar-refractivity contribution is -0.299. The van der Waals surface area contributed by atoms with E-state index in [9.17, 15) is 39.3 Å². The summed E-state index contributed by atoms with van der Waals surface area (Å²) < 4.78 is 30.3. The Morgan fingerprint density at radius 2 is 1.42 bits per heavy atom. The zero-order chi connectivity index (χ0) is 44.7. The Labute approximate surface area is 358 Å². The number of nitrogens with one attached hydrogen (secondary N) is 1. The zero-order valence-corrected chi connectivity index (χ0v) is 35.0. The van der Waals surface area contributed by atoms with Crippen LogP contribution in [0.5, 0.6) is 0 Å². The van der Waals surface area contributed by atoms with E-state index in [0.717, 1.165) is 6.92 Å². The van der Waals surface area contributed by atoms with Crippen LogP contribution in [0.15, 0.2) is 102 Å². The second-order valence-electron chi connectivity index (χ2n) is 17.1. The summed E-state index contributed by atoms with van der Waals surface area (Å²) in [6.07, 6.45) is -10.4. The van der Waals surface area contributed by atoms with Crippen LogP contribution in [0.4, 0.5) is 0 Å². The van der Waals surface area contributed by atoms with Crippen molar-refractivity contribution in [2.45, 2.75) is 108 Å². The Kier molecular flexibility index (Phi) is 12.3. The van der Waals surface area contributed by atoms with Gasteiger partial charge in [0.1, 0.15) is 23.9 Å². The number of benzene rings is 3. The minimum atomic E-state index is -2.34. The van der Waals surface area contributed by atoms with Crippen LogP contribution in [-0.2, 0) is 42.9 Å². The Morgan fingerprint density at radius 3 is 1.98 bits per heavy atom. The fourth-order valence-electron chi connectivity index (χ4n) is 9.90.